The lowest BCUT2D eigenvalue weighted by Gasteiger charge is -2.10. The summed E-state index contributed by atoms with van der Waals surface area (Å²) in [5, 5.41) is 5.24. The van der Waals surface area contributed by atoms with Gasteiger partial charge in [-0.2, -0.15) is 0 Å². The van der Waals surface area contributed by atoms with Crippen LogP contribution < -0.4 is 5.32 Å². The standard InChI is InChI=1S/C19H17FN2OS/c1-13(14-5-3-2-4-6-14)11-18(23)22-19-21-17(12-24-19)15-7-9-16(20)10-8-15/h2-10,12-13H,11H2,1H3,(H,21,22,23)/t13-/m1/s1. The van der Waals surface area contributed by atoms with Gasteiger partial charge < -0.3 is 5.32 Å². The van der Waals surface area contributed by atoms with E-state index in [2.05, 4.69) is 10.3 Å². The zero-order valence-electron chi connectivity index (χ0n) is 13.2. The molecular formula is C19H17FN2OS. The van der Waals surface area contributed by atoms with Crippen molar-refractivity contribution in [3.63, 3.8) is 0 Å². The van der Waals surface area contributed by atoms with Gasteiger partial charge in [0.05, 0.1) is 5.69 Å². The molecule has 0 saturated heterocycles. The molecule has 0 spiro atoms. The Bertz CT molecular complexity index is 815. The summed E-state index contributed by atoms with van der Waals surface area (Å²) in [4.78, 5) is 16.6. The van der Waals surface area contributed by atoms with Crippen molar-refractivity contribution >= 4 is 22.4 Å². The Morgan fingerprint density at radius 2 is 1.88 bits per heavy atom. The molecule has 0 bridgehead atoms. The van der Waals surface area contributed by atoms with E-state index < -0.39 is 0 Å². The van der Waals surface area contributed by atoms with Crippen molar-refractivity contribution in [3.05, 3.63) is 71.4 Å². The van der Waals surface area contributed by atoms with Crippen molar-refractivity contribution in [1.82, 2.24) is 4.98 Å². The van der Waals surface area contributed by atoms with Crippen LogP contribution in [0.4, 0.5) is 9.52 Å². The second-order valence-electron chi connectivity index (χ2n) is 5.61. The van der Waals surface area contributed by atoms with E-state index in [0.717, 1.165) is 16.8 Å². The Morgan fingerprint density at radius 1 is 1.17 bits per heavy atom. The molecule has 1 heterocycles. The van der Waals surface area contributed by atoms with Gasteiger partial charge in [-0.3, -0.25) is 4.79 Å². The van der Waals surface area contributed by atoms with Gasteiger partial charge in [0.15, 0.2) is 5.13 Å². The number of rotatable bonds is 5. The molecule has 122 valence electrons. The maximum absolute atomic E-state index is 13.0. The molecule has 1 atom stereocenters. The lowest BCUT2D eigenvalue weighted by atomic mass is 9.98. The van der Waals surface area contributed by atoms with Crippen molar-refractivity contribution < 1.29 is 9.18 Å². The number of hydrogen-bond donors (Lipinski definition) is 1. The Morgan fingerprint density at radius 3 is 2.58 bits per heavy atom. The highest BCUT2D eigenvalue weighted by Crippen LogP contribution is 2.26. The maximum Gasteiger partial charge on any atom is 0.226 e. The zero-order chi connectivity index (χ0) is 16.9. The number of carbonyl (C=O) groups excluding carboxylic acids is 1. The number of anilines is 1. The third-order valence-corrected chi connectivity index (χ3v) is 4.51. The quantitative estimate of drug-likeness (QED) is 0.703. The Kier molecular flexibility index (Phi) is 5.01. The van der Waals surface area contributed by atoms with Crippen LogP contribution in [-0.2, 0) is 4.79 Å². The number of carbonyl (C=O) groups is 1. The van der Waals surface area contributed by atoms with E-state index in [1.165, 1.54) is 23.5 Å². The van der Waals surface area contributed by atoms with Crippen LogP contribution in [0.3, 0.4) is 0 Å². The number of benzene rings is 2. The number of nitrogens with one attached hydrogen (secondary N) is 1. The van der Waals surface area contributed by atoms with Gasteiger partial charge in [0.2, 0.25) is 5.91 Å². The highest BCUT2D eigenvalue weighted by atomic mass is 32.1. The molecule has 1 aromatic heterocycles. The van der Waals surface area contributed by atoms with Crippen molar-refractivity contribution in [2.75, 3.05) is 5.32 Å². The topological polar surface area (TPSA) is 42.0 Å². The van der Waals surface area contributed by atoms with Gasteiger partial charge in [-0.25, -0.2) is 9.37 Å². The largest absolute Gasteiger partial charge is 0.302 e. The van der Waals surface area contributed by atoms with E-state index in [9.17, 15) is 9.18 Å². The molecular weight excluding hydrogens is 323 g/mol. The third kappa shape index (κ3) is 4.06. The predicted octanol–water partition coefficient (Wildman–Crippen LogP) is 5.08. The van der Waals surface area contributed by atoms with E-state index in [1.807, 2.05) is 42.6 Å². The SMILES string of the molecule is C[C@H](CC(=O)Nc1nc(-c2ccc(F)cc2)cs1)c1ccccc1. The minimum atomic E-state index is -0.280. The lowest BCUT2D eigenvalue weighted by molar-refractivity contribution is -0.116. The van der Waals surface area contributed by atoms with Crippen LogP contribution in [0.5, 0.6) is 0 Å². The third-order valence-electron chi connectivity index (χ3n) is 3.75. The van der Waals surface area contributed by atoms with E-state index in [0.29, 0.717) is 11.6 Å². The number of nitrogens with zero attached hydrogens (tertiary/aromatic N) is 1. The number of aromatic nitrogens is 1. The van der Waals surface area contributed by atoms with Crippen molar-refractivity contribution in [2.24, 2.45) is 0 Å². The van der Waals surface area contributed by atoms with Crippen LogP contribution in [0.2, 0.25) is 0 Å². The van der Waals surface area contributed by atoms with Crippen LogP contribution in [0, 0.1) is 5.82 Å². The van der Waals surface area contributed by atoms with Crippen molar-refractivity contribution in [2.45, 2.75) is 19.3 Å². The molecule has 1 N–H and O–H groups in total. The Labute approximate surface area is 144 Å². The van der Waals surface area contributed by atoms with Crippen molar-refractivity contribution in [1.29, 1.82) is 0 Å². The zero-order valence-corrected chi connectivity index (χ0v) is 14.0. The molecule has 0 aliphatic heterocycles. The summed E-state index contributed by atoms with van der Waals surface area (Å²) in [6, 6.07) is 16.1. The highest BCUT2D eigenvalue weighted by molar-refractivity contribution is 7.14. The fourth-order valence-electron chi connectivity index (χ4n) is 2.43. The number of halogens is 1. The van der Waals surface area contributed by atoms with Crippen LogP contribution in [0.15, 0.2) is 60.0 Å². The minimum Gasteiger partial charge on any atom is -0.302 e. The number of hydrogen-bond acceptors (Lipinski definition) is 3. The summed E-state index contributed by atoms with van der Waals surface area (Å²) in [5.41, 5.74) is 2.69. The summed E-state index contributed by atoms with van der Waals surface area (Å²) in [5.74, 6) is -0.202. The first-order valence-corrected chi connectivity index (χ1v) is 8.56. The molecule has 24 heavy (non-hydrogen) atoms. The monoisotopic (exact) mass is 340 g/mol. The summed E-state index contributed by atoms with van der Waals surface area (Å²) in [7, 11) is 0. The molecule has 3 nitrogen and oxygen atoms in total. The molecule has 0 fully saturated rings. The van der Waals surface area contributed by atoms with Gasteiger partial charge in [-0.15, -0.1) is 11.3 Å². The fourth-order valence-corrected chi connectivity index (χ4v) is 3.17. The van der Waals surface area contributed by atoms with Crippen molar-refractivity contribution in [3.8, 4) is 11.3 Å². The summed E-state index contributed by atoms with van der Waals surface area (Å²) >= 11 is 1.36. The first kappa shape index (κ1) is 16.3. The summed E-state index contributed by atoms with van der Waals surface area (Å²) < 4.78 is 13.0. The molecule has 1 amide bonds. The normalized spacial score (nSPS) is 11.9. The Hall–Kier alpha value is -2.53. The molecule has 3 aromatic rings. The summed E-state index contributed by atoms with van der Waals surface area (Å²) in [6.07, 6.45) is 0.398. The van der Waals surface area contributed by atoms with Gasteiger partial charge >= 0.3 is 0 Å². The predicted molar refractivity (Wildman–Crippen MR) is 95.6 cm³/mol. The first-order valence-electron chi connectivity index (χ1n) is 7.68. The van der Waals surface area contributed by atoms with Crippen LogP contribution in [0.1, 0.15) is 24.8 Å². The molecule has 0 saturated carbocycles. The molecule has 0 aliphatic carbocycles. The fraction of sp³-hybridized carbons (Fsp3) is 0.158. The second kappa shape index (κ2) is 7.36. The average molecular weight is 340 g/mol. The number of amides is 1. The average Bonchev–Trinajstić information content (AvgIpc) is 3.04. The molecule has 0 unspecified atom stereocenters. The molecule has 5 heteroatoms. The van der Waals surface area contributed by atoms with E-state index in [-0.39, 0.29) is 17.6 Å². The van der Waals surface area contributed by atoms with Gasteiger partial charge in [0.25, 0.3) is 0 Å². The maximum atomic E-state index is 13.0. The van der Waals surface area contributed by atoms with E-state index >= 15 is 0 Å². The molecule has 0 aliphatic rings. The second-order valence-corrected chi connectivity index (χ2v) is 6.47. The van der Waals surface area contributed by atoms with Crippen LogP contribution in [-0.4, -0.2) is 10.9 Å². The minimum absolute atomic E-state index is 0.0636. The molecule has 2 aromatic carbocycles. The smallest absolute Gasteiger partial charge is 0.226 e. The van der Waals surface area contributed by atoms with Crippen LogP contribution >= 0.6 is 11.3 Å². The van der Waals surface area contributed by atoms with E-state index in [4.69, 9.17) is 0 Å². The highest BCUT2D eigenvalue weighted by Gasteiger charge is 2.13. The molecule has 0 radical (unpaired) electrons. The van der Waals surface area contributed by atoms with Gasteiger partial charge in [-0.1, -0.05) is 37.3 Å². The summed E-state index contributed by atoms with van der Waals surface area (Å²) in [6.45, 7) is 2.03. The lowest BCUT2D eigenvalue weighted by Crippen LogP contribution is -2.14. The Balaban J connectivity index is 1.62. The first-order chi connectivity index (χ1) is 11.6. The van der Waals surface area contributed by atoms with Gasteiger partial charge in [0, 0.05) is 17.4 Å². The van der Waals surface area contributed by atoms with Crippen LogP contribution in [0.25, 0.3) is 11.3 Å². The molecule has 3 rings (SSSR count). The van der Waals surface area contributed by atoms with Gasteiger partial charge in [-0.05, 0) is 35.7 Å². The number of thiazole rings is 1. The van der Waals surface area contributed by atoms with E-state index in [1.54, 1.807) is 12.1 Å². The van der Waals surface area contributed by atoms with Gasteiger partial charge in [0.1, 0.15) is 5.82 Å².